The van der Waals surface area contributed by atoms with E-state index in [2.05, 4.69) is 0 Å². The standard InChI is InChI=1S/C18H29F3O3/c1-13-9-11-17(23,18(19,20)21)10-7-5-4-6-8-15(24-3)16(22)14(2)12-13/h6,8,12,14-16,22-23H,4-5,7,9-11H2,1-3H3/b8-6+,13-12-/t14?,15-,16-,17?/m0/s1. The van der Waals surface area contributed by atoms with Crippen molar-refractivity contribution in [2.75, 3.05) is 7.11 Å². The smallest absolute Gasteiger partial charge is 0.389 e. The minimum atomic E-state index is -4.63. The van der Waals surface area contributed by atoms with Gasteiger partial charge in [-0.05, 0) is 45.4 Å². The summed E-state index contributed by atoms with van der Waals surface area (Å²) >= 11 is 0. The first-order valence-corrected chi connectivity index (χ1v) is 8.44. The Bertz CT molecular complexity index is 445. The molecule has 24 heavy (non-hydrogen) atoms. The second-order valence-electron chi connectivity index (χ2n) is 6.77. The van der Waals surface area contributed by atoms with Gasteiger partial charge in [0.2, 0.25) is 0 Å². The molecule has 2 unspecified atom stereocenters. The lowest BCUT2D eigenvalue weighted by molar-refractivity contribution is -0.265. The van der Waals surface area contributed by atoms with Crippen LogP contribution in [-0.2, 0) is 4.74 Å². The molecule has 3 nitrogen and oxygen atoms in total. The molecular weight excluding hydrogens is 321 g/mol. The number of hydrogen-bond acceptors (Lipinski definition) is 3. The lowest BCUT2D eigenvalue weighted by Gasteiger charge is -2.31. The molecule has 2 N–H and O–H groups in total. The molecule has 6 heteroatoms. The molecule has 0 amide bonds. The first kappa shape index (κ1) is 21.2. The van der Waals surface area contributed by atoms with Gasteiger partial charge >= 0.3 is 6.18 Å². The van der Waals surface area contributed by atoms with Crippen LogP contribution in [0.2, 0.25) is 0 Å². The van der Waals surface area contributed by atoms with E-state index in [1.165, 1.54) is 7.11 Å². The third kappa shape index (κ3) is 5.90. The van der Waals surface area contributed by atoms with E-state index in [9.17, 15) is 23.4 Å². The molecule has 1 aliphatic carbocycles. The van der Waals surface area contributed by atoms with Gasteiger partial charge in [0.05, 0.1) is 6.10 Å². The number of ether oxygens (including phenoxy) is 1. The highest BCUT2D eigenvalue weighted by atomic mass is 19.4. The highest BCUT2D eigenvalue weighted by Gasteiger charge is 2.52. The van der Waals surface area contributed by atoms with Crippen LogP contribution in [0, 0.1) is 5.92 Å². The van der Waals surface area contributed by atoms with Crippen molar-refractivity contribution in [2.24, 2.45) is 5.92 Å². The van der Waals surface area contributed by atoms with E-state index in [4.69, 9.17) is 4.74 Å². The minimum Gasteiger partial charge on any atom is -0.389 e. The van der Waals surface area contributed by atoms with Crippen LogP contribution in [0.25, 0.3) is 0 Å². The third-order valence-electron chi connectivity index (χ3n) is 4.69. The van der Waals surface area contributed by atoms with E-state index in [0.29, 0.717) is 19.3 Å². The predicted octanol–water partition coefficient (Wildman–Crippen LogP) is 4.15. The monoisotopic (exact) mass is 350 g/mol. The molecule has 4 atom stereocenters. The molecule has 0 radical (unpaired) electrons. The van der Waals surface area contributed by atoms with Gasteiger partial charge in [-0.15, -0.1) is 0 Å². The highest BCUT2D eigenvalue weighted by molar-refractivity contribution is 5.07. The summed E-state index contributed by atoms with van der Waals surface area (Å²) < 4.78 is 45.0. The Hall–Kier alpha value is -0.850. The first-order valence-electron chi connectivity index (χ1n) is 8.44. The van der Waals surface area contributed by atoms with Gasteiger partial charge in [0.25, 0.3) is 0 Å². The number of alkyl halides is 3. The molecule has 0 saturated heterocycles. The molecule has 0 aliphatic heterocycles. The molecule has 0 saturated carbocycles. The van der Waals surface area contributed by atoms with Gasteiger partial charge in [-0.25, -0.2) is 0 Å². The van der Waals surface area contributed by atoms with Crippen molar-refractivity contribution >= 4 is 0 Å². The van der Waals surface area contributed by atoms with Crippen LogP contribution in [0.5, 0.6) is 0 Å². The van der Waals surface area contributed by atoms with Crippen molar-refractivity contribution in [3.8, 4) is 0 Å². The van der Waals surface area contributed by atoms with Gasteiger partial charge in [0.15, 0.2) is 5.60 Å². The van der Waals surface area contributed by atoms with Gasteiger partial charge in [-0.2, -0.15) is 13.2 Å². The maximum atomic E-state index is 13.2. The summed E-state index contributed by atoms with van der Waals surface area (Å²) in [5.74, 6) is -0.262. The molecular formula is C18H29F3O3. The zero-order valence-corrected chi connectivity index (χ0v) is 14.6. The van der Waals surface area contributed by atoms with E-state index < -0.39 is 24.0 Å². The van der Waals surface area contributed by atoms with E-state index >= 15 is 0 Å². The number of hydrogen-bond donors (Lipinski definition) is 2. The number of allylic oxidation sites excluding steroid dienone is 2. The van der Waals surface area contributed by atoms with Crippen LogP contribution in [-0.4, -0.2) is 41.3 Å². The number of aliphatic hydroxyl groups is 2. The van der Waals surface area contributed by atoms with Crippen LogP contribution in [0.1, 0.15) is 52.4 Å². The predicted molar refractivity (Wildman–Crippen MR) is 87.6 cm³/mol. The van der Waals surface area contributed by atoms with Crippen LogP contribution in [0.15, 0.2) is 23.8 Å². The fourth-order valence-electron chi connectivity index (χ4n) is 2.98. The summed E-state index contributed by atoms with van der Waals surface area (Å²) in [4.78, 5) is 0. The van der Waals surface area contributed by atoms with Gasteiger partial charge < -0.3 is 14.9 Å². The molecule has 0 bridgehead atoms. The van der Waals surface area contributed by atoms with Crippen molar-refractivity contribution in [1.82, 2.24) is 0 Å². The molecule has 0 fully saturated rings. The van der Waals surface area contributed by atoms with Crippen LogP contribution >= 0.6 is 0 Å². The minimum absolute atomic E-state index is 0.139. The molecule has 0 aromatic carbocycles. The number of rotatable bonds is 1. The largest absolute Gasteiger partial charge is 0.417 e. The Morgan fingerprint density at radius 1 is 1.25 bits per heavy atom. The Labute approximate surface area is 142 Å². The van der Waals surface area contributed by atoms with E-state index in [1.54, 1.807) is 26.0 Å². The fraction of sp³-hybridized carbons (Fsp3) is 0.778. The van der Waals surface area contributed by atoms with Crippen molar-refractivity contribution in [3.05, 3.63) is 23.8 Å². The molecule has 1 aliphatic rings. The second kappa shape index (κ2) is 9.02. The molecule has 0 aromatic heterocycles. The molecule has 0 heterocycles. The average molecular weight is 350 g/mol. The summed E-state index contributed by atoms with van der Waals surface area (Å²) in [5.41, 5.74) is -1.92. The number of halogens is 3. The van der Waals surface area contributed by atoms with Gasteiger partial charge in [-0.1, -0.05) is 30.7 Å². The summed E-state index contributed by atoms with van der Waals surface area (Å²) in [6.07, 6.45) is 0.402. The van der Waals surface area contributed by atoms with E-state index in [1.807, 2.05) is 6.08 Å². The molecule has 0 spiro atoms. The normalized spacial score (nSPS) is 38.0. The molecule has 0 aromatic rings. The Morgan fingerprint density at radius 3 is 2.50 bits per heavy atom. The zero-order chi connectivity index (χ0) is 18.4. The lowest BCUT2D eigenvalue weighted by atomic mass is 9.87. The van der Waals surface area contributed by atoms with Crippen molar-refractivity contribution in [1.29, 1.82) is 0 Å². The molecule has 140 valence electrons. The van der Waals surface area contributed by atoms with Crippen LogP contribution in [0.4, 0.5) is 13.2 Å². The maximum Gasteiger partial charge on any atom is 0.417 e. The van der Waals surface area contributed by atoms with E-state index in [0.717, 1.165) is 5.57 Å². The zero-order valence-electron chi connectivity index (χ0n) is 14.6. The lowest BCUT2D eigenvalue weighted by Crippen LogP contribution is -2.45. The van der Waals surface area contributed by atoms with Crippen LogP contribution in [0.3, 0.4) is 0 Å². The van der Waals surface area contributed by atoms with Gasteiger partial charge in [-0.3, -0.25) is 0 Å². The topological polar surface area (TPSA) is 49.7 Å². The van der Waals surface area contributed by atoms with Crippen molar-refractivity contribution in [2.45, 2.75) is 76.4 Å². The second-order valence-corrected chi connectivity index (χ2v) is 6.77. The van der Waals surface area contributed by atoms with Crippen molar-refractivity contribution in [3.63, 3.8) is 0 Å². The fourth-order valence-corrected chi connectivity index (χ4v) is 2.98. The van der Waals surface area contributed by atoms with Gasteiger partial charge in [0, 0.05) is 13.0 Å². The maximum absolute atomic E-state index is 13.2. The van der Waals surface area contributed by atoms with Gasteiger partial charge in [0.1, 0.15) is 6.10 Å². The Balaban J connectivity index is 2.98. The highest BCUT2D eigenvalue weighted by Crippen LogP contribution is 2.39. The van der Waals surface area contributed by atoms with E-state index in [-0.39, 0.29) is 25.2 Å². The van der Waals surface area contributed by atoms with Crippen LogP contribution < -0.4 is 0 Å². The third-order valence-corrected chi connectivity index (χ3v) is 4.69. The quantitative estimate of drug-likeness (QED) is 0.699. The summed E-state index contributed by atoms with van der Waals surface area (Å²) in [6, 6.07) is 0. The Kier molecular flexibility index (Phi) is 7.96. The Morgan fingerprint density at radius 2 is 1.92 bits per heavy atom. The average Bonchev–Trinajstić information content (AvgIpc) is 2.49. The number of methoxy groups -OCH3 is 1. The molecule has 1 rings (SSSR count). The summed E-state index contributed by atoms with van der Waals surface area (Å²) in [5, 5.41) is 20.4. The summed E-state index contributed by atoms with van der Waals surface area (Å²) in [6.45, 7) is 3.53. The van der Waals surface area contributed by atoms with Crippen molar-refractivity contribution < 1.29 is 28.1 Å². The number of aliphatic hydroxyl groups excluding tert-OH is 1. The SMILES string of the molecule is CO[C@H]1/C=C/CCCCC(O)(C(F)(F)F)CC/C(C)=C\C(C)[C@@H]1O. The first-order chi connectivity index (χ1) is 11.1. The summed E-state index contributed by atoms with van der Waals surface area (Å²) in [7, 11) is 1.52.